The van der Waals surface area contributed by atoms with Gasteiger partial charge in [-0.05, 0) is 32.9 Å². The van der Waals surface area contributed by atoms with Crippen molar-refractivity contribution in [2.24, 2.45) is 0 Å². The second kappa shape index (κ2) is 5.54. The largest absolute Gasteiger partial charge is 0.481 e. The van der Waals surface area contributed by atoms with Gasteiger partial charge >= 0.3 is 5.97 Å². The molecule has 0 aliphatic carbocycles. The van der Waals surface area contributed by atoms with Gasteiger partial charge in [0.05, 0.1) is 10.9 Å². The zero-order chi connectivity index (χ0) is 14.9. The van der Waals surface area contributed by atoms with E-state index in [2.05, 4.69) is 15.0 Å². The molecule has 0 aromatic carbocycles. The van der Waals surface area contributed by atoms with Gasteiger partial charge in [0.1, 0.15) is 5.69 Å². The van der Waals surface area contributed by atoms with Crippen molar-refractivity contribution in [1.29, 1.82) is 0 Å². The van der Waals surface area contributed by atoms with E-state index in [4.69, 9.17) is 16.7 Å². The fourth-order valence-corrected chi connectivity index (χ4v) is 2.34. The molecule has 0 radical (unpaired) electrons. The van der Waals surface area contributed by atoms with Crippen LogP contribution >= 0.6 is 11.6 Å². The van der Waals surface area contributed by atoms with E-state index in [1.54, 1.807) is 39.1 Å². The zero-order valence-electron chi connectivity index (χ0n) is 11.4. The lowest BCUT2D eigenvalue weighted by Crippen LogP contribution is -2.13. The molecule has 0 amide bonds. The Balaban J connectivity index is 2.56. The zero-order valence-corrected chi connectivity index (χ0v) is 12.1. The molecule has 0 aliphatic rings. The summed E-state index contributed by atoms with van der Waals surface area (Å²) in [5.41, 5.74) is 2.39. The minimum Gasteiger partial charge on any atom is -0.481 e. The lowest BCUT2D eigenvalue weighted by Gasteiger charge is -2.14. The lowest BCUT2D eigenvalue weighted by molar-refractivity contribution is -0.138. The predicted octanol–water partition coefficient (Wildman–Crippen LogP) is 3.00. The van der Waals surface area contributed by atoms with Crippen LogP contribution < -0.4 is 0 Å². The first-order chi connectivity index (χ1) is 9.41. The third-order valence-corrected chi connectivity index (χ3v) is 3.41. The summed E-state index contributed by atoms with van der Waals surface area (Å²) in [7, 11) is 0. The van der Waals surface area contributed by atoms with Crippen molar-refractivity contribution < 1.29 is 9.90 Å². The topological polar surface area (TPSA) is 76.0 Å². The summed E-state index contributed by atoms with van der Waals surface area (Å²) < 4.78 is 0. The van der Waals surface area contributed by atoms with Crippen LogP contribution in [0, 0.1) is 13.8 Å². The van der Waals surface area contributed by atoms with Gasteiger partial charge in [-0.25, -0.2) is 9.97 Å². The average molecular weight is 292 g/mol. The molecule has 1 atom stereocenters. The van der Waals surface area contributed by atoms with Crippen LogP contribution in [0.25, 0.3) is 11.5 Å². The molecule has 0 saturated carbocycles. The first kappa shape index (κ1) is 14.4. The number of carboxylic acid groups (broad SMARTS) is 1. The van der Waals surface area contributed by atoms with Crippen molar-refractivity contribution in [2.45, 2.75) is 26.7 Å². The molecular weight excluding hydrogens is 278 g/mol. The Kier molecular flexibility index (Phi) is 3.99. The number of hydrogen-bond acceptors (Lipinski definition) is 4. The van der Waals surface area contributed by atoms with Gasteiger partial charge in [0, 0.05) is 23.1 Å². The maximum atomic E-state index is 11.1. The van der Waals surface area contributed by atoms with Gasteiger partial charge in [0.15, 0.2) is 5.82 Å². The van der Waals surface area contributed by atoms with E-state index in [9.17, 15) is 4.79 Å². The molecule has 1 unspecified atom stereocenters. The molecule has 0 fully saturated rings. The van der Waals surface area contributed by atoms with Gasteiger partial charge in [-0.1, -0.05) is 11.6 Å². The minimum atomic E-state index is -0.900. The Hall–Kier alpha value is -2.01. The summed E-state index contributed by atoms with van der Waals surface area (Å²) in [6.07, 6.45) is 1.61. The van der Waals surface area contributed by atoms with Crippen LogP contribution in [0.1, 0.15) is 29.8 Å². The van der Waals surface area contributed by atoms with E-state index in [-0.39, 0.29) is 0 Å². The van der Waals surface area contributed by atoms with Crippen molar-refractivity contribution >= 4 is 17.6 Å². The number of aliphatic carboxylic acids is 1. The number of aryl methyl sites for hydroxylation is 2. The van der Waals surface area contributed by atoms with Crippen molar-refractivity contribution in [1.82, 2.24) is 15.0 Å². The molecule has 2 heterocycles. The summed E-state index contributed by atoms with van der Waals surface area (Å²) in [4.78, 5) is 24.0. The molecule has 1 N–H and O–H groups in total. The van der Waals surface area contributed by atoms with Gasteiger partial charge in [-0.3, -0.25) is 9.78 Å². The average Bonchev–Trinajstić information content (AvgIpc) is 2.38. The molecule has 6 heteroatoms. The van der Waals surface area contributed by atoms with Crippen LogP contribution in [0.5, 0.6) is 0 Å². The number of pyridine rings is 1. The standard InChI is InChI=1S/C14H14ClN3O2/c1-7(14(19)20)11-8(2)17-13(18-9(11)3)12-10(15)5-4-6-16-12/h4-7H,1-3H3,(H,19,20). The number of carboxylic acids is 1. The fourth-order valence-electron chi connectivity index (χ4n) is 2.13. The third-order valence-electron chi connectivity index (χ3n) is 3.10. The number of aromatic nitrogens is 3. The minimum absolute atomic E-state index is 0.409. The molecule has 2 aromatic rings. The number of halogens is 1. The SMILES string of the molecule is Cc1nc(-c2ncccc2Cl)nc(C)c1C(C)C(=O)O. The molecule has 0 saturated heterocycles. The highest BCUT2D eigenvalue weighted by molar-refractivity contribution is 6.32. The van der Waals surface area contributed by atoms with E-state index in [0.29, 0.717) is 33.5 Å². The quantitative estimate of drug-likeness (QED) is 0.941. The molecule has 104 valence electrons. The fraction of sp³-hybridized carbons (Fsp3) is 0.286. The smallest absolute Gasteiger partial charge is 0.310 e. The summed E-state index contributed by atoms with van der Waals surface area (Å²) in [6, 6.07) is 3.44. The number of carbonyl (C=O) groups is 1. The van der Waals surface area contributed by atoms with Crippen LogP contribution in [0.2, 0.25) is 5.02 Å². The second-order valence-electron chi connectivity index (χ2n) is 4.53. The van der Waals surface area contributed by atoms with Gasteiger partial charge in [-0.15, -0.1) is 0 Å². The maximum Gasteiger partial charge on any atom is 0.310 e. The first-order valence-corrected chi connectivity index (χ1v) is 6.48. The Labute approximate surface area is 121 Å². The highest BCUT2D eigenvalue weighted by Crippen LogP contribution is 2.27. The molecule has 2 aromatic heterocycles. The van der Waals surface area contributed by atoms with E-state index >= 15 is 0 Å². The predicted molar refractivity (Wildman–Crippen MR) is 75.8 cm³/mol. The summed E-state index contributed by atoms with van der Waals surface area (Å²) in [5, 5.41) is 9.59. The summed E-state index contributed by atoms with van der Waals surface area (Å²) in [5.74, 6) is -1.14. The van der Waals surface area contributed by atoms with Gasteiger partial charge in [-0.2, -0.15) is 0 Å². The summed E-state index contributed by atoms with van der Waals surface area (Å²) >= 11 is 6.08. The van der Waals surface area contributed by atoms with Crippen molar-refractivity contribution in [3.05, 3.63) is 40.3 Å². The van der Waals surface area contributed by atoms with E-state index in [0.717, 1.165) is 0 Å². The van der Waals surface area contributed by atoms with Crippen molar-refractivity contribution in [3.63, 3.8) is 0 Å². The van der Waals surface area contributed by atoms with Crippen LogP contribution in [0.15, 0.2) is 18.3 Å². The lowest BCUT2D eigenvalue weighted by atomic mass is 9.98. The Morgan fingerprint density at radius 3 is 2.40 bits per heavy atom. The third kappa shape index (κ3) is 2.63. The van der Waals surface area contributed by atoms with Gasteiger partial charge in [0.2, 0.25) is 0 Å². The van der Waals surface area contributed by atoms with Crippen molar-refractivity contribution in [3.8, 4) is 11.5 Å². The van der Waals surface area contributed by atoms with Gasteiger partial charge < -0.3 is 5.11 Å². The van der Waals surface area contributed by atoms with Crippen molar-refractivity contribution in [2.75, 3.05) is 0 Å². The monoisotopic (exact) mass is 291 g/mol. The Morgan fingerprint density at radius 1 is 1.30 bits per heavy atom. The maximum absolute atomic E-state index is 11.1. The molecule has 20 heavy (non-hydrogen) atoms. The number of rotatable bonds is 3. The second-order valence-corrected chi connectivity index (χ2v) is 4.93. The molecule has 0 aliphatic heterocycles. The number of hydrogen-bond donors (Lipinski definition) is 1. The molecular formula is C14H14ClN3O2. The Bertz CT molecular complexity index is 650. The Morgan fingerprint density at radius 2 is 1.90 bits per heavy atom. The van der Waals surface area contributed by atoms with E-state index in [1.165, 1.54) is 0 Å². The highest BCUT2D eigenvalue weighted by atomic mass is 35.5. The molecule has 0 spiro atoms. The number of nitrogens with zero attached hydrogens (tertiary/aromatic N) is 3. The van der Waals surface area contributed by atoms with Gasteiger partial charge in [0.25, 0.3) is 0 Å². The normalized spacial score (nSPS) is 12.2. The van der Waals surface area contributed by atoms with Crippen LogP contribution in [0.4, 0.5) is 0 Å². The molecule has 2 rings (SSSR count). The van der Waals surface area contributed by atoms with Crippen LogP contribution in [-0.4, -0.2) is 26.0 Å². The van der Waals surface area contributed by atoms with Crippen LogP contribution in [0.3, 0.4) is 0 Å². The molecule has 0 bridgehead atoms. The first-order valence-electron chi connectivity index (χ1n) is 6.10. The van der Waals surface area contributed by atoms with E-state index < -0.39 is 11.9 Å². The molecule has 5 nitrogen and oxygen atoms in total. The summed E-state index contributed by atoms with van der Waals surface area (Å²) in [6.45, 7) is 5.15. The van der Waals surface area contributed by atoms with Crippen LogP contribution in [-0.2, 0) is 4.79 Å². The van der Waals surface area contributed by atoms with E-state index in [1.807, 2.05) is 0 Å². The highest BCUT2D eigenvalue weighted by Gasteiger charge is 2.21.